The van der Waals surface area contributed by atoms with Gasteiger partial charge in [0.05, 0.1) is 12.5 Å². The first-order valence-corrected chi connectivity index (χ1v) is 8.94. The van der Waals surface area contributed by atoms with Crippen LogP contribution < -0.4 is 10.6 Å². The van der Waals surface area contributed by atoms with E-state index in [4.69, 9.17) is 0 Å². The van der Waals surface area contributed by atoms with Crippen LogP contribution in [0.5, 0.6) is 0 Å². The Morgan fingerprint density at radius 2 is 1.79 bits per heavy atom. The highest BCUT2D eigenvalue weighted by molar-refractivity contribution is 5.79. The van der Waals surface area contributed by atoms with Crippen molar-refractivity contribution >= 4 is 11.8 Å². The second kappa shape index (κ2) is 7.79. The molecule has 3 rings (SSSR count). The Morgan fingerprint density at radius 3 is 2.38 bits per heavy atom. The quantitative estimate of drug-likeness (QED) is 0.884. The first-order chi connectivity index (χ1) is 11.6. The van der Waals surface area contributed by atoms with Gasteiger partial charge >= 0.3 is 0 Å². The molecule has 5 nitrogen and oxygen atoms in total. The molecule has 0 saturated carbocycles. The SMILES string of the molecule is CC(=O)NC(CC(=O)N1CC[C@@H]2CNC[C@@H]2CC1)c1ccccc1. The van der Waals surface area contributed by atoms with Crippen LogP contribution in [0.4, 0.5) is 0 Å². The second-order valence-corrected chi connectivity index (χ2v) is 7.00. The molecular formula is C19H27N3O2. The largest absolute Gasteiger partial charge is 0.349 e. The van der Waals surface area contributed by atoms with E-state index in [0.717, 1.165) is 44.6 Å². The summed E-state index contributed by atoms with van der Waals surface area (Å²) in [5, 5.41) is 6.39. The van der Waals surface area contributed by atoms with E-state index in [9.17, 15) is 9.59 Å². The minimum atomic E-state index is -0.249. The fraction of sp³-hybridized carbons (Fsp3) is 0.579. The average Bonchev–Trinajstić information content (AvgIpc) is 2.93. The van der Waals surface area contributed by atoms with Crippen LogP contribution in [0.3, 0.4) is 0 Å². The van der Waals surface area contributed by atoms with E-state index in [1.165, 1.54) is 6.92 Å². The third kappa shape index (κ3) is 4.15. The molecule has 2 N–H and O–H groups in total. The van der Waals surface area contributed by atoms with Crippen molar-refractivity contribution in [2.45, 2.75) is 32.2 Å². The molecule has 1 unspecified atom stereocenters. The second-order valence-electron chi connectivity index (χ2n) is 7.00. The molecule has 24 heavy (non-hydrogen) atoms. The van der Waals surface area contributed by atoms with Gasteiger partial charge in [-0.2, -0.15) is 0 Å². The summed E-state index contributed by atoms with van der Waals surface area (Å²) in [5.41, 5.74) is 0.983. The zero-order valence-electron chi connectivity index (χ0n) is 14.3. The summed E-state index contributed by atoms with van der Waals surface area (Å²) in [6.45, 7) is 5.35. The van der Waals surface area contributed by atoms with Crippen LogP contribution in [0, 0.1) is 11.8 Å². The van der Waals surface area contributed by atoms with Crippen molar-refractivity contribution in [1.29, 1.82) is 0 Å². The number of hydrogen-bond acceptors (Lipinski definition) is 3. The van der Waals surface area contributed by atoms with Gasteiger partial charge in [-0.05, 0) is 43.3 Å². The molecule has 2 fully saturated rings. The summed E-state index contributed by atoms with van der Waals surface area (Å²) in [6.07, 6.45) is 2.50. The molecule has 0 spiro atoms. The number of amides is 2. The first kappa shape index (κ1) is 17.0. The lowest BCUT2D eigenvalue weighted by Gasteiger charge is -2.25. The van der Waals surface area contributed by atoms with E-state index in [-0.39, 0.29) is 17.9 Å². The van der Waals surface area contributed by atoms with Gasteiger partial charge in [-0.3, -0.25) is 9.59 Å². The molecule has 5 heteroatoms. The maximum absolute atomic E-state index is 12.8. The average molecular weight is 329 g/mol. The van der Waals surface area contributed by atoms with Gasteiger partial charge in [-0.1, -0.05) is 30.3 Å². The summed E-state index contributed by atoms with van der Waals surface area (Å²) in [6, 6.07) is 9.50. The van der Waals surface area contributed by atoms with E-state index in [2.05, 4.69) is 10.6 Å². The van der Waals surface area contributed by atoms with Crippen LogP contribution in [0.15, 0.2) is 30.3 Å². The van der Waals surface area contributed by atoms with Crippen molar-refractivity contribution in [2.75, 3.05) is 26.2 Å². The Morgan fingerprint density at radius 1 is 1.17 bits per heavy atom. The first-order valence-electron chi connectivity index (χ1n) is 8.94. The highest BCUT2D eigenvalue weighted by Crippen LogP contribution is 2.28. The number of hydrogen-bond donors (Lipinski definition) is 2. The number of nitrogens with one attached hydrogen (secondary N) is 2. The number of likely N-dealkylation sites (tertiary alicyclic amines) is 1. The van der Waals surface area contributed by atoms with Crippen LogP contribution in [-0.2, 0) is 9.59 Å². The van der Waals surface area contributed by atoms with Crippen molar-refractivity contribution in [2.24, 2.45) is 11.8 Å². The molecule has 2 aliphatic heterocycles. The summed E-state index contributed by atoms with van der Waals surface area (Å²) in [7, 11) is 0. The van der Waals surface area contributed by atoms with Crippen molar-refractivity contribution < 1.29 is 9.59 Å². The highest BCUT2D eigenvalue weighted by Gasteiger charge is 2.32. The van der Waals surface area contributed by atoms with E-state index in [1.807, 2.05) is 35.2 Å². The summed E-state index contributed by atoms with van der Waals surface area (Å²) < 4.78 is 0. The molecule has 0 aromatic heterocycles. The summed E-state index contributed by atoms with van der Waals surface area (Å²) >= 11 is 0. The minimum Gasteiger partial charge on any atom is -0.349 e. The number of rotatable bonds is 4. The molecule has 2 amide bonds. The van der Waals surface area contributed by atoms with Crippen molar-refractivity contribution in [3.8, 4) is 0 Å². The molecule has 0 radical (unpaired) electrons. The number of nitrogens with zero attached hydrogens (tertiary/aromatic N) is 1. The van der Waals surface area contributed by atoms with E-state index >= 15 is 0 Å². The highest BCUT2D eigenvalue weighted by atomic mass is 16.2. The number of carbonyl (C=O) groups excluding carboxylic acids is 2. The molecule has 0 bridgehead atoms. The lowest BCUT2D eigenvalue weighted by Crippen LogP contribution is -2.36. The van der Waals surface area contributed by atoms with Crippen LogP contribution in [0.25, 0.3) is 0 Å². The third-order valence-electron chi connectivity index (χ3n) is 5.33. The third-order valence-corrected chi connectivity index (χ3v) is 5.33. The molecule has 130 valence electrons. The van der Waals surface area contributed by atoms with Gasteiger partial charge < -0.3 is 15.5 Å². The molecule has 1 aromatic rings. The van der Waals surface area contributed by atoms with Crippen LogP contribution in [-0.4, -0.2) is 42.9 Å². The van der Waals surface area contributed by atoms with Crippen molar-refractivity contribution in [1.82, 2.24) is 15.5 Å². The zero-order chi connectivity index (χ0) is 16.9. The molecule has 2 aliphatic rings. The maximum atomic E-state index is 12.8. The molecule has 2 heterocycles. The standard InChI is InChI=1S/C19H27N3O2/c1-14(23)21-18(15-5-3-2-4-6-15)11-19(24)22-9-7-16-12-20-13-17(16)8-10-22/h2-6,16-18,20H,7-13H2,1H3,(H,21,23)/t16-,17+,18?. The monoisotopic (exact) mass is 329 g/mol. The van der Waals surface area contributed by atoms with Crippen molar-refractivity contribution in [3.05, 3.63) is 35.9 Å². The Kier molecular flexibility index (Phi) is 5.51. The Balaban J connectivity index is 1.63. The van der Waals surface area contributed by atoms with Gasteiger partial charge in [0.1, 0.15) is 0 Å². The van der Waals surface area contributed by atoms with Crippen LogP contribution >= 0.6 is 0 Å². The number of carbonyl (C=O) groups is 2. The summed E-state index contributed by atoms with van der Waals surface area (Å²) in [5.74, 6) is 1.46. The predicted octanol–water partition coefficient (Wildman–Crippen LogP) is 1.71. The van der Waals surface area contributed by atoms with Crippen molar-refractivity contribution in [3.63, 3.8) is 0 Å². The van der Waals surface area contributed by atoms with E-state index in [1.54, 1.807) is 0 Å². The minimum absolute atomic E-state index is 0.104. The molecule has 0 aliphatic carbocycles. The van der Waals surface area contributed by atoms with Gasteiger partial charge in [0.25, 0.3) is 0 Å². The van der Waals surface area contributed by atoms with Gasteiger partial charge in [-0.25, -0.2) is 0 Å². The normalized spacial score (nSPS) is 24.8. The Hall–Kier alpha value is -1.88. The molecule has 1 aromatic carbocycles. The Bertz CT molecular complexity index is 561. The summed E-state index contributed by atoms with van der Waals surface area (Å²) in [4.78, 5) is 26.3. The van der Waals surface area contributed by atoms with E-state index in [0.29, 0.717) is 18.3 Å². The lowest BCUT2D eigenvalue weighted by molar-refractivity contribution is -0.132. The molecular weight excluding hydrogens is 302 g/mol. The maximum Gasteiger partial charge on any atom is 0.224 e. The number of fused-ring (bicyclic) bond motifs is 1. The van der Waals surface area contributed by atoms with Gasteiger partial charge in [0.15, 0.2) is 0 Å². The lowest BCUT2D eigenvalue weighted by atomic mass is 9.92. The molecule has 2 saturated heterocycles. The topological polar surface area (TPSA) is 61.4 Å². The van der Waals surface area contributed by atoms with Crippen LogP contribution in [0.1, 0.15) is 37.8 Å². The zero-order valence-corrected chi connectivity index (χ0v) is 14.3. The fourth-order valence-corrected chi connectivity index (χ4v) is 3.95. The van der Waals surface area contributed by atoms with Gasteiger partial charge in [0, 0.05) is 20.0 Å². The van der Waals surface area contributed by atoms with Gasteiger partial charge in [0.2, 0.25) is 11.8 Å². The van der Waals surface area contributed by atoms with Gasteiger partial charge in [-0.15, -0.1) is 0 Å². The number of benzene rings is 1. The van der Waals surface area contributed by atoms with E-state index < -0.39 is 0 Å². The van der Waals surface area contributed by atoms with Crippen LogP contribution in [0.2, 0.25) is 0 Å². The Labute approximate surface area is 143 Å². The fourth-order valence-electron chi connectivity index (χ4n) is 3.95. The predicted molar refractivity (Wildman–Crippen MR) is 93.3 cm³/mol. The molecule has 3 atom stereocenters. The smallest absolute Gasteiger partial charge is 0.224 e.